The number of halogens is 1. The highest BCUT2D eigenvalue weighted by Crippen LogP contribution is 2.16. The third-order valence-corrected chi connectivity index (χ3v) is 2.51. The molecule has 0 saturated heterocycles. The summed E-state index contributed by atoms with van der Waals surface area (Å²) >= 11 is 3.39. The van der Waals surface area contributed by atoms with E-state index in [2.05, 4.69) is 21.2 Å². The molecule has 88 valence electrons. The molecule has 16 heavy (non-hydrogen) atoms. The number of hydrogen-bond acceptors (Lipinski definition) is 3. The van der Waals surface area contributed by atoms with Gasteiger partial charge in [-0.15, -0.1) is 0 Å². The summed E-state index contributed by atoms with van der Waals surface area (Å²) in [6.45, 7) is 5.90. The highest BCUT2D eigenvalue weighted by atomic mass is 79.9. The van der Waals surface area contributed by atoms with Crippen molar-refractivity contribution in [2.45, 2.75) is 20.4 Å². The van der Waals surface area contributed by atoms with Crippen LogP contribution in [0.3, 0.4) is 0 Å². The lowest BCUT2D eigenvalue weighted by Gasteiger charge is -2.07. The Labute approximate surface area is 104 Å². The molecule has 0 saturated carbocycles. The van der Waals surface area contributed by atoms with Crippen molar-refractivity contribution in [3.8, 4) is 0 Å². The minimum atomic E-state index is -0.276. The van der Waals surface area contributed by atoms with Gasteiger partial charge in [-0.25, -0.2) is 4.79 Å². The number of hydrogen-bond donors (Lipinski definition) is 1. The molecule has 0 aromatic heterocycles. The van der Waals surface area contributed by atoms with Crippen LogP contribution in [0.1, 0.15) is 29.8 Å². The number of carbonyl (C=O) groups excluding carboxylic acids is 1. The normalized spacial score (nSPS) is 10.2. The first-order valence-corrected chi connectivity index (χ1v) is 6.14. The van der Waals surface area contributed by atoms with Gasteiger partial charge in [0.05, 0.1) is 12.2 Å². The third-order valence-electron chi connectivity index (χ3n) is 2.05. The Hall–Kier alpha value is -0.870. The van der Waals surface area contributed by atoms with Crippen molar-refractivity contribution >= 4 is 21.9 Å². The molecule has 1 aromatic rings. The van der Waals surface area contributed by atoms with Crippen molar-refractivity contribution in [1.29, 1.82) is 0 Å². The van der Waals surface area contributed by atoms with Crippen molar-refractivity contribution < 1.29 is 9.53 Å². The van der Waals surface area contributed by atoms with E-state index in [1.54, 1.807) is 13.0 Å². The molecule has 0 aliphatic carbocycles. The van der Waals surface area contributed by atoms with Crippen LogP contribution in [0, 0.1) is 0 Å². The lowest BCUT2D eigenvalue weighted by atomic mass is 10.1. The van der Waals surface area contributed by atoms with Gasteiger partial charge in [-0.1, -0.05) is 22.9 Å². The quantitative estimate of drug-likeness (QED) is 0.846. The first kappa shape index (κ1) is 13.2. The molecule has 0 fully saturated rings. The summed E-state index contributed by atoms with van der Waals surface area (Å²) in [6, 6.07) is 5.62. The second kappa shape index (κ2) is 6.66. The zero-order valence-electron chi connectivity index (χ0n) is 9.55. The SMILES string of the molecule is CCNCc1cc(Br)cc(C(=O)OCC)c1. The van der Waals surface area contributed by atoms with Gasteiger partial charge in [-0.05, 0) is 37.2 Å². The number of carbonyl (C=O) groups is 1. The molecule has 1 aromatic carbocycles. The summed E-state index contributed by atoms with van der Waals surface area (Å²) in [5.74, 6) is -0.276. The molecule has 1 N–H and O–H groups in total. The standard InChI is InChI=1S/C12H16BrNO2/c1-3-14-8-9-5-10(7-11(13)6-9)12(15)16-4-2/h5-7,14H,3-4,8H2,1-2H3. The van der Waals surface area contributed by atoms with E-state index in [4.69, 9.17) is 4.74 Å². The molecule has 0 aliphatic rings. The molecule has 0 aliphatic heterocycles. The molecule has 0 radical (unpaired) electrons. The minimum absolute atomic E-state index is 0.276. The van der Waals surface area contributed by atoms with Gasteiger partial charge in [0.15, 0.2) is 0 Å². The molecule has 0 amide bonds. The maximum atomic E-state index is 11.6. The minimum Gasteiger partial charge on any atom is -0.462 e. The van der Waals surface area contributed by atoms with E-state index in [1.165, 1.54) is 0 Å². The van der Waals surface area contributed by atoms with E-state index in [0.29, 0.717) is 12.2 Å². The van der Waals surface area contributed by atoms with Gasteiger partial charge in [0.25, 0.3) is 0 Å². The van der Waals surface area contributed by atoms with E-state index in [9.17, 15) is 4.79 Å². The van der Waals surface area contributed by atoms with E-state index < -0.39 is 0 Å². The second-order valence-electron chi connectivity index (χ2n) is 3.35. The largest absolute Gasteiger partial charge is 0.462 e. The van der Waals surface area contributed by atoms with Crippen LogP contribution in [0.5, 0.6) is 0 Å². The van der Waals surface area contributed by atoms with Gasteiger partial charge in [0, 0.05) is 11.0 Å². The number of nitrogens with one attached hydrogen (secondary N) is 1. The van der Waals surface area contributed by atoms with Gasteiger partial charge in [-0.3, -0.25) is 0 Å². The first-order valence-electron chi connectivity index (χ1n) is 5.34. The lowest BCUT2D eigenvalue weighted by molar-refractivity contribution is 0.0526. The van der Waals surface area contributed by atoms with Gasteiger partial charge in [-0.2, -0.15) is 0 Å². The van der Waals surface area contributed by atoms with Crippen LogP contribution in [-0.4, -0.2) is 19.1 Å². The van der Waals surface area contributed by atoms with Crippen molar-refractivity contribution in [3.63, 3.8) is 0 Å². The van der Waals surface area contributed by atoms with Crippen LogP contribution in [0.2, 0.25) is 0 Å². The fourth-order valence-corrected chi connectivity index (χ4v) is 1.89. The van der Waals surface area contributed by atoms with Crippen LogP contribution < -0.4 is 5.32 Å². The Morgan fingerprint density at radius 3 is 2.75 bits per heavy atom. The molecular weight excluding hydrogens is 270 g/mol. The Morgan fingerprint density at radius 2 is 2.12 bits per heavy atom. The van der Waals surface area contributed by atoms with Crippen molar-refractivity contribution in [3.05, 3.63) is 33.8 Å². The van der Waals surface area contributed by atoms with E-state index >= 15 is 0 Å². The van der Waals surface area contributed by atoms with Crippen LogP contribution in [0.15, 0.2) is 22.7 Å². The van der Waals surface area contributed by atoms with Gasteiger partial charge >= 0.3 is 5.97 Å². The number of ether oxygens (including phenoxy) is 1. The average molecular weight is 286 g/mol. The summed E-state index contributed by atoms with van der Waals surface area (Å²) < 4.78 is 5.86. The summed E-state index contributed by atoms with van der Waals surface area (Å²) in [5, 5.41) is 3.22. The number of esters is 1. The van der Waals surface area contributed by atoms with E-state index in [0.717, 1.165) is 23.1 Å². The smallest absolute Gasteiger partial charge is 0.338 e. The summed E-state index contributed by atoms with van der Waals surface area (Å²) in [4.78, 5) is 11.6. The molecule has 0 spiro atoms. The molecule has 0 atom stereocenters. The Bertz CT molecular complexity index is 366. The van der Waals surface area contributed by atoms with E-state index in [-0.39, 0.29) is 5.97 Å². The van der Waals surface area contributed by atoms with Crippen molar-refractivity contribution in [2.75, 3.05) is 13.2 Å². The summed E-state index contributed by atoms with van der Waals surface area (Å²) in [7, 11) is 0. The predicted molar refractivity (Wildman–Crippen MR) is 67.5 cm³/mol. The highest BCUT2D eigenvalue weighted by molar-refractivity contribution is 9.10. The zero-order chi connectivity index (χ0) is 12.0. The van der Waals surface area contributed by atoms with Gasteiger partial charge in [0.1, 0.15) is 0 Å². The van der Waals surface area contributed by atoms with Crippen molar-refractivity contribution in [1.82, 2.24) is 5.32 Å². The average Bonchev–Trinajstić information content (AvgIpc) is 2.26. The van der Waals surface area contributed by atoms with Gasteiger partial charge < -0.3 is 10.1 Å². The molecule has 0 unspecified atom stereocenters. The fraction of sp³-hybridized carbons (Fsp3) is 0.417. The molecular formula is C12H16BrNO2. The van der Waals surface area contributed by atoms with E-state index in [1.807, 2.05) is 19.1 Å². The van der Waals surface area contributed by atoms with Crippen LogP contribution in [0.4, 0.5) is 0 Å². The Morgan fingerprint density at radius 1 is 1.38 bits per heavy atom. The Kier molecular flexibility index (Phi) is 5.49. The van der Waals surface area contributed by atoms with Crippen LogP contribution in [0.25, 0.3) is 0 Å². The predicted octanol–water partition coefficient (Wildman–Crippen LogP) is 2.74. The molecule has 0 heterocycles. The fourth-order valence-electron chi connectivity index (χ4n) is 1.35. The topological polar surface area (TPSA) is 38.3 Å². The molecule has 0 bridgehead atoms. The lowest BCUT2D eigenvalue weighted by Crippen LogP contribution is -2.13. The zero-order valence-corrected chi connectivity index (χ0v) is 11.1. The first-order chi connectivity index (χ1) is 7.67. The monoisotopic (exact) mass is 285 g/mol. The second-order valence-corrected chi connectivity index (χ2v) is 4.26. The van der Waals surface area contributed by atoms with Gasteiger partial charge in [0.2, 0.25) is 0 Å². The number of benzene rings is 1. The number of rotatable bonds is 5. The molecule has 4 heteroatoms. The maximum Gasteiger partial charge on any atom is 0.338 e. The summed E-state index contributed by atoms with van der Waals surface area (Å²) in [5.41, 5.74) is 1.66. The van der Waals surface area contributed by atoms with Crippen LogP contribution in [-0.2, 0) is 11.3 Å². The molecule has 1 rings (SSSR count). The highest BCUT2D eigenvalue weighted by Gasteiger charge is 2.08. The van der Waals surface area contributed by atoms with Crippen LogP contribution >= 0.6 is 15.9 Å². The summed E-state index contributed by atoms with van der Waals surface area (Å²) in [6.07, 6.45) is 0. The molecule has 3 nitrogen and oxygen atoms in total. The third kappa shape index (κ3) is 3.94. The maximum absolute atomic E-state index is 11.6. The van der Waals surface area contributed by atoms with Crippen molar-refractivity contribution in [2.24, 2.45) is 0 Å². The Balaban J connectivity index is 2.84.